The van der Waals surface area contributed by atoms with Crippen molar-refractivity contribution in [2.75, 3.05) is 11.9 Å². The summed E-state index contributed by atoms with van der Waals surface area (Å²) in [7, 11) is 0. The van der Waals surface area contributed by atoms with E-state index in [2.05, 4.69) is 10.1 Å². The van der Waals surface area contributed by atoms with E-state index < -0.39 is 12.1 Å². The van der Waals surface area contributed by atoms with E-state index in [4.69, 9.17) is 5.26 Å². The maximum absolute atomic E-state index is 12.1. The van der Waals surface area contributed by atoms with Crippen LogP contribution in [-0.4, -0.2) is 18.7 Å². The zero-order valence-corrected chi connectivity index (χ0v) is 8.97. The van der Waals surface area contributed by atoms with Crippen LogP contribution in [0.1, 0.15) is 22.3 Å². The highest BCUT2D eigenvalue weighted by molar-refractivity contribution is 6.04. The van der Waals surface area contributed by atoms with E-state index in [9.17, 15) is 18.0 Å². The molecule has 94 valence electrons. The highest BCUT2D eigenvalue weighted by atomic mass is 19.4. The van der Waals surface area contributed by atoms with E-state index in [0.29, 0.717) is 6.54 Å². The molecule has 0 bridgehead atoms. The van der Waals surface area contributed by atoms with E-state index in [1.807, 2.05) is 0 Å². The highest BCUT2D eigenvalue weighted by Crippen LogP contribution is 2.32. The number of nitrogens with one attached hydrogen (secondary N) is 1. The Hall–Kier alpha value is -2.23. The maximum atomic E-state index is 12.1. The second-order valence-electron chi connectivity index (χ2n) is 3.65. The van der Waals surface area contributed by atoms with Gasteiger partial charge in [-0.15, -0.1) is 13.2 Å². The predicted octanol–water partition coefficient (Wildman–Crippen LogP) is 2.46. The van der Waals surface area contributed by atoms with Crippen molar-refractivity contribution in [3.05, 3.63) is 23.3 Å². The van der Waals surface area contributed by atoms with Gasteiger partial charge in [0, 0.05) is 24.6 Å². The number of ketones is 1. The molecule has 7 heteroatoms. The number of Topliss-reactive ketones (excluding diaryl/α,β-unsaturated/α-hetero) is 1. The standard InChI is InChI=1S/C11H7F3N2O2/c12-11(13,14)18-7-3-6(5-15)10-8(4-7)9(17)1-2-16-10/h3-4,16H,1-2H2. The van der Waals surface area contributed by atoms with Crippen LogP contribution in [0.2, 0.25) is 0 Å². The predicted molar refractivity (Wildman–Crippen MR) is 55.3 cm³/mol. The SMILES string of the molecule is N#Cc1cc(OC(F)(F)F)cc2c1NCCC2=O. The molecule has 1 aliphatic rings. The van der Waals surface area contributed by atoms with Gasteiger partial charge in [-0.25, -0.2) is 0 Å². The number of anilines is 1. The summed E-state index contributed by atoms with van der Waals surface area (Å²) in [4.78, 5) is 11.6. The van der Waals surface area contributed by atoms with Gasteiger partial charge in [0.15, 0.2) is 5.78 Å². The molecule has 2 rings (SSSR count). The van der Waals surface area contributed by atoms with Crippen molar-refractivity contribution in [1.29, 1.82) is 5.26 Å². The van der Waals surface area contributed by atoms with Crippen LogP contribution in [0.15, 0.2) is 12.1 Å². The summed E-state index contributed by atoms with van der Waals surface area (Å²) in [5.74, 6) is -0.872. The third kappa shape index (κ3) is 2.37. The van der Waals surface area contributed by atoms with Crippen molar-refractivity contribution >= 4 is 11.5 Å². The molecular formula is C11H7F3N2O2. The fraction of sp³-hybridized carbons (Fsp3) is 0.273. The molecule has 0 aliphatic carbocycles. The van der Waals surface area contributed by atoms with Gasteiger partial charge in [-0.05, 0) is 6.07 Å². The Balaban J connectivity index is 2.50. The number of hydrogen-bond acceptors (Lipinski definition) is 4. The minimum absolute atomic E-state index is 0.0419. The van der Waals surface area contributed by atoms with E-state index in [-0.39, 0.29) is 29.0 Å². The van der Waals surface area contributed by atoms with Gasteiger partial charge < -0.3 is 10.1 Å². The Kier molecular flexibility index (Phi) is 2.87. The zero-order chi connectivity index (χ0) is 13.3. The quantitative estimate of drug-likeness (QED) is 0.838. The smallest absolute Gasteiger partial charge is 0.406 e. The topological polar surface area (TPSA) is 62.1 Å². The van der Waals surface area contributed by atoms with Crippen LogP contribution < -0.4 is 10.1 Å². The second kappa shape index (κ2) is 4.22. The minimum Gasteiger partial charge on any atom is -0.406 e. The number of hydrogen-bond donors (Lipinski definition) is 1. The van der Waals surface area contributed by atoms with Crippen LogP contribution in [-0.2, 0) is 0 Å². The lowest BCUT2D eigenvalue weighted by molar-refractivity contribution is -0.274. The van der Waals surface area contributed by atoms with Crippen LogP contribution >= 0.6 is 0 Å². The molecule has 0 saturated carbocycles. The fourth-order valence-electron chi connectivity index (χ4n) is 1.74. The Morgan fingerprint density at radius 1 is 1.39 bits per heavy atom. The number of fused-ring (bicyclic) bond motifs is 1. The van der Waals surface area contributed by atoms with Crippen LogP contribution in [0.3, 0.4) is 0 Å². The molecule has 1 N–H and O–H groups in total. The molecule has 1 aromatic rings. The molecule has 0 aromatic heterocycles. The fourth-order valence-corrected chi connectivity index (χ4v) is 1.74. The number of carbonyl (C=O) groups is 1. The average molecular weight is 256 g/mol. The molecule has 1 aliphatic heterocycles. The van der Waals surface area contributed by atoms with Gasteiger partial charge in [0.1, 0.15) is 11.8 Å². The first-order valence-corrected chi connectivity index (χ1v) is 5.01. The summed E-state index contributed by atoms with van der Waals surface area (Å²) in [6.45, 7) is 0.361. The van der Waals surface area contributed by atoms with Crippen LogP contribution in [0.25, 0.3) is 0 Å². The van der Waals surface area contributed by atoms with Gasteiger partial charge in [-0.3, -0.25) is 4.79 Å². The first-order chi connectivity index (χ1) is 8.40. The van der Waals surface area contributed by atoms with Gasteiger partial charge in [-0.1, -0.05) is 0 Å². The summed E-state index contributed by atoms with van der Waals surface area (Å²) < 4.78 is 40.0. The lowest BCUT2D eigenvalue weighted by Crippen LogP contribution is -2.21. The molecule has 1 heterocycles. The largest absolute Gasteiger partial charge is 0.573 e. The average Bonchev–Trinajstić information content (AvgIpc) is 2.27. The molecule has 0 fully saturated rings. The van der Waals surface area contributed by atoms with E-state index in [0.717, 1.165) is 12.1 Å². The number of nitriles is 1. The number of benzene rings is 1. The summed E-state index contributed by atoms with van der Waals surface area (Å²) >= 11 is 0. The van der Waals surface area contributed by atoms with Crippen molar-refractivity contribution in [3.63, 3.8) is 0 Å². The van der Waals surface area contributed by atoms with Crippen LogP contribution in [0, 0.1) is 11.3 Å². The molecule has 18 heavy (non-hydrogen) atoms. The third-order valence-electron chi connectivity index (χ3n) is 2.42. The van der Waals surface area contributed by atoms with Crippen molar-refractivity contribution < 1.29 is 22.7 Å². The molecule has 0 saturated heterocycles. The Labute approximate surface area is 100.0 Å². The van der Waals surface area contributed by atoms with Crippen molar-refractivity contribution in [3.8, 4) is 11.8 Å². The van der Waals surface area contributed by atoms with Crippen LogP contribution in [0.4, 0.5) is 18.9 Å². The molecular weight excluding hydrogens is 249 g/mol. The van der Waals surface area contributed by atoms with E-state index in [1.54, 1.807) is 6.07 Å². The molecule has 0 atom stereocenters. The first kappa shape index (κ1) is 12.2. The van der Waals surface area contributed by atoms with Crippen LogP contribution in [0.5, 0.6) is 5.75 Å². The summed E-state index contributed by atoms with van der Waals surface area (Å²) in [5.41, 5.74) is 0.280. The van der Waals surface area contributed by atoms with E-state index >= 15 is 0 Å². The Morgan fingerprint density at radius 2 is 2.11 bits per heavy atom. The first-order valence-electron chi connectivity index (χ1n) is 5.01. The van der Waals surface area contributed by atoms with Gasteiger partial charge in [0.25, 0.3) is 0 Å². The molecule has 0 amide bonds. The highest BCUT2D eigenvalue weighted by Gasteiger charge is 2.32. The number of nitrogens with zero attached hydrogens (tertiary/aromatic N) is 1. The summed E-state index contributed by atoms with van der Waals surface area (Å²) in [6.07, 6.45) is -4.68. The van der Waals surface area contributed by atoms with Gasteiger partial charge in [0.2, 0.25) is 0 Å². The number of rotatable bonds is 1. The lowest BCUT2D eigenvalue weighted by atomic mass is 9.98. The molecule has 4 nitrogen and oxygen atoms in total. The number of halogens is 3. The van der Waals surface area contributed by atoms with Gasteiger partial charge in [0.05, 0.1) is 11.3 Å². The lowest BCUT2D eigenvalue weighted by Gasteiger charge is -2.19. The third-order valence-corrected chi connectivity index (χ3v) is 2.42. The Morgan fingerprint density at radius 3 is 2.72 bits per heavy atom. The zero-order valence-electron chi connectivity index (χ0n) is 8.97. The molecule has 0 radical (unpaired) electrons. The van der Waals surface area contributed by atoms with Gasteiger partial charge >= 0.3 is 6.36 Å². The van der Waals surface area contributed by atoms with Crippen molar-refractivity contribution in [1.82, 2.24) is 0 Å². The minimum atomic E-state index is -4.86. The van der Waals surface area contributed by atoms with Gasteiger partial charge in [-0.2, -0.15) is 5.26 Å². The number of carbonyl (C=O) groups excluding carboxylic acids is 1. The van der Waals surface area contributed by atoms with Crippen molar-refractivity contribution in [2.24, 2.45) is 0 Å². The Bertz CT molecular complexity index is 546. The number of ether oxygens (including phenoxy) is 1. The van der Waals surface area contributed by atoms with Crippen molar-refractivity contribution in [2.45, 2.75) is 12.8 Å². The normalized spacial score (nSPS) is 14.4. The summed E-state index contributed by atoms with van der Waals surface area (Å²) in [5, 5.41) is 11.7. The number of alkyl halides is 3. The molecule has 0 spiro atoms. The monoisotopic (exact) mass is 256 g/mol. The maximum Gasteiger partial charge on any atom is 0.573 e. The molecule has 0 unspecified atom stereocenters. The summed E-state index contributed by atoms with van der Waals surface area (Å²) in [6, 6.07) is 3.69. The molecule has 1 aromatic carbocycles. The van der Waals surface area contributed by atoms with E-state index in [1.165, 1.54) is 0 Å². The second-order valence-corrected chi connectivity index (χ2v) is 3.65.